The van der Waals surface area contributed by atoms with Gasteiger partial charge in [0.05, 0.1) is 27.5 Å². The predicted molar refractivity (Wildman–Crippen MR) is 273 cm³/mol. The van der Waals surface area contributed by atoms with E-state index >= 15 is 0 Å². The topological polar surface area (TPSA) is 282 Å². The highest BCUT2D eigenvalue weighted by atomic mass is 32.2. The van der Waals surface area contributed by atoms with E-state index in [0.29, 0.717) is 99.7 Å². The molecule has 398 valence electrons. The van der Waals surface area contributed by atoms with E-state index in [1.807, 2.05) is 36.7 Å². The normalized spacial score (nSPS) is 22.2. The third-order valence-electron chi connectivity index (χ3n) is 14.3. The second-order valence-electron chi connectivity index (χ2n) is 19.6. The van der Waals surface area contributed by atoms with E-state index in [-0.39, 0.29) is 104 Å². The van der Waals surface area contributed by atoms with Crippen molar-refractivity contribution in [1.29, 1.82) is 0 Å². The summed E-state index contributed by atoms with van der Waals surface area (Å²) in [6.45, 7) is 4.81. The fourth-order valence-corrected chi connectivity index (χ4v) is 11.9. The van der Waals surface area contributed by atoms with Gasteiger partial charge in [0.15, 0.2) is 11.5 Å². The Bertz CT molecular complexity index is 2920. The van der Waals surface area contributed by atoms with Gasteiger partial charge in [0.2, 0.25) is 29.3 Å². The summed E-state index contributed by atoms with van der Waals surface area (Å²) in [7, 11) is -13.5. The summed E-state index contributed by atoms with van der Waals surface area (Å²) < 4.78 is 106. The number of fused-ring (bicyclic) bond motifs is 6. The van der Waals surface area contributed by atoms with Crippen molar-refractivity contribution in [3.63, 3.8) is 0 Å². The highest BCUT2D eigenvalue weighted by Gasteiger charge is 2.48. The number of amides is 4. The highest BCUT2D eigenvalue weighted by Crippen LogP contribution is 2.52. The zero-order chi connectivity index (χ0) is 53.2. The van der Waals surface area contributed by atoms with Crippen LogP contribution in [0.5, 0.6) is 0 Å². The van der Waals surface area contributed by atoms with Crippen molar-refractivity contribution in [2.24, 2.45) is 0 Å². The SMILES string of the molecule is CC1(CCCCCC(=O)CN2C(=O)CCC2=O)C2=CC=CC=CC3=[N+](CCCS(=O)(=O)O)c4ccc(S(=O)(=O)O)cc4C3(C)CCCCCC(=O)NCCNC(=O)CCCCCN2c2ccc(S(=O)(=O)O)cc21. The quantitative estimate of drug-likeness (QED) is 0.0627. The molecule has 2 aromatic carbocycles. The number of ketones is 1. The molecule has 73 heavy (non-hydrogen) atoms. The number of imide groups is 1. The molecule has 0 aliphatic carbocycles. The first-order chi connectivity index (χ1) is 34.4. The van der Waals surface area contributed by atoms with Gasteiger partial charge in [-0.15, -0.1) is 0 Å². The van der Waals surface area contributed by atoms with Gasteiger partial charge in [0.1, 0.15) is 6.54 Å². The lowest BCUT2D eigenvalue weighted by Gasteiger charge is -2.30. The number of nitrogens with one attached hydrogen (secondary N) is 2. The minimum Gasteiger partial charge on any atom is -0.354 e. The van der Waals surface area contributed by atoms with E-state index in [9.17, 15) is 62.9 Å². The number of Topliss-reactive ketones (excluding diaryl/α,β-unsaturated/α-hetero) is 1. The van der Waals surface area contributed by atoms with E-state index in [1.165, 1.54) is 24.3 Å². The average molecular weight is 1070 g/mol. The Kier molecular flexibility index (Phi) is 18.9. The lowest BCUT2D eigenvalue weighted by Crippen LogP contribution is -2.34. The number of hydrogen-bond donors (Lipinski definition) is 5. The molecule has 19 nitrogen and oxygen atoms in total. The van der Waals surface area contributed by atoms with Gasteiger partial charge in [-0.1, -0.05) is 50.3 Å². The van der Waals surface area contributed by atoms with E-state index in [0.717, 1.165) is 16.3 Å². The van der Waals surface area contributed by atoms with Crippen molar-refractivity contribution in [2.45, 2.75) is 144 Å². The van der Waals surface area contributed by atoms with Crippen molar-refractivity contribution in [1.82, 2.24) is 15.5 Å². The van der Waals surface area contributed by atoms with Crippen LogP contribution in [0.3, 0.4) is 0 Å². The first-order valence-corrected chi connectivity index (χ1v) is 29.5. The predicted octanol–water partition coefficient (Wildman–Crippen LogP) is 6.01. The van der Waals surface area contributed by atoms with Crippen LogP contribution in [0.2, 0.25) is 0 Å². The number of carbonyl (C=O) groups excluding carboxylic acids is 5. The number of unbranched alkanes of at least 4 members (excludes halogenated alkanes) is 2. The molecule has 2 aromatic rings. The number of rotatable bonds is 14. The number of anilines is 1. The molecule has 1 saturated heterocycles. The molecule has 22 heteroatoms. The molecule has 4 aliphatic rings. The molecule has 0 spiro atoms. The second-order valence-corrected chi connectivity index (χ2v) is 24.1. The maximum atomic E-state index is 12.8. The van der Waals surface area contributed by atoms with Gasteiger partial charge in [-0.3, -0.25) is 42.5 Å². The van der Waals surface area contributed by atoms with Crippen molar-refractivity contribution >= 4 is 76.9 Å². The summed E-state index contributed by atoms with van der Waals surface area (Å²) in [5.74, 6) is -1.76. The summed E-state index contributed by atoms with van der Waals surface area (Å²) in [5, 5.41) is 5.70. The van der Waals surface area contributed by atoms with Crippen LogP contribution >= 0.6 is 0 Å². The molecular formula is C51H68N5O14S3+. The Balaban J connectivity index is 1.37. The largest absolute Gasteiger partial charge is 0.354 e. The third-order valence-corrected chi connectivity index (χ3v) is 16.8. The lowest BCUT2D eigenvalue weighted by molar-refractivity contribution is -0.437. The molecule has 6 rings (SSSR count). The number of likely N-dealkylation sites (tertiary alicyclic amines) is 1. The molecule has 2 unspecified atom stereocenters. The molecule has 5 N–H and O–H groups in total. The van der Waals surface area contributed by atoms with Crippen LogP contribution in [-0.4, -0.2) is 122 Å². The van der Waals surface area contributed by atoms with Crippen LogP contribution < -0.4 is 15.5 Å². The van der Waals surface area contributed by atoms with Crippen molar-refractivity contribution in [2.75, 3.05) is 43.4 Å². The summed E-state index contributed by atoms with van der Waals surface area (Å²) >= 11 is 0. The van der Waals surface area contributed by atoms with Gasteiger partial charge in [-0.2, -0.15) is 29.8 Å². The third kappa shape index (κ3) is 14.7. The Labute approximate surface area is 428 Å². The lowest BCUT2D eigenvalue weighted by atomic mass is 9.75. The molecule has 1 fully saturated rings. The molecule has 2 atom stereocenters. The standard InChI is InChI=1S/C51H67N5O14S3/c1-50(27-12-4-7-16-37(57)36-56-48(60)25-26-49(56)61)40-34-38(72(65,66)67)21-23-42(40)54-31-14-6-11-20-47(59)53-30-29-52-46(58)19-10-5-13-28-51(2)41-35-39(73(68,69)70)22-24-43(41)55(32-15-33-71(62,63)64)45(51)18-9-3-8-17-44(50)54/h3,8-9,17-18,21-24,34-35H,4-7,10-16,19-20,25-33,36H2,1-2H3,(H4-,52,53,58,59,62,63,64,65,66,67,68,69,70)/p+1. The van der Waals surface area contributed by atoms with Gasteiger partial charge < -0.3 is 15.5 Å². The fraction of sp³-hybridized carbons (Fsp3) is 0.529. The number of allylic oxidation sites excluding steroid dienone is 6. The Morgan fingerprint density at radius 3 is 1.95 bits per heavy atom. The maximum Gasteiger partial charge on any atom is 0.294 e. The summed E-state index contributed by atoms with van der Waals surface area (Å²) in [5.41, 5.74) is 2.39. The average Bonchev–Trinajstić information content (AvgIpc) is 3.84. The van der Waals surface area contributed by atoms with Gasteiger partial charge in [0, 0.05) is 92.7 Å². The number of nitrogens with zero attached hydrogens (tertiary/aromatic N) is 3. The first kappa shape index (κ1) is 56.9. The van der Waals surface area contributed by atoms with Crippen LogP contribution in [0.1, 0.15) is 134 Å². The number of carbonyl (C=O) groups is 5. The van der Waals surface area contributed by atoms with Crippen molar-refractivity contribution in [3.8, 4) is 0 Å². The van der Waals surface area contributed by atoms with E-state index < -0.39 is 46.9 Å². The molecule has 0 aromatic heterocycles. The summed E-state index contributed by atoms with van der Waals surface area (Å²) in [4.78, 5) is 65.0. The molecule has 0 radical (unpaired) electrons. The van der Waals surface area contributed by atoms with E-state index in [1.54, 1.807) is 24.3 Å². The molecule has 0 bridgehead atoms. The number of benzene rings is 2. The zero-order valence-electron chi connectivity index (χ0n) is 41.5. The van der Waals surface area contributed by atoms with Gasteiger partial charge in [-0.05, 0) is 94.3 Å². The number of hydrogen-bond acceptors (Lipinski definition) is 12. The van der Waals surface area contributed by atoms with E-state index in [4.69, 9.17) is 0 Å². The van der Waals surface area contributed by atoms with Gasteiger partial charge in [-0.25, -0.2) is 0 Å². The minimum absolute atomic E-state index is 0.0255. The second kappa shape index (κ2) is 24.3. The Morgan fingerprint density at radius 1 is 0.699 bits per heavy atom. The smallest absolute Gasteiger partial charge is 0.294 e. The maximum absolute atomic E-state index is 12.8. The Hall–Kier alpha value is -5.39. The molecule has 4 aliphatic heterocycles. The summed E-state index contributed by atoms with van der Waals surface area (Å²) in [6.07, 6.45) is 16.5. The molecule has 0 saturated carbocycles. The van der Waals surface area contributed by atoms with Crippen LogP contribution in [-0.2, 0) is 65.2 Å². The van der Waals surface area contributed by atoms with Crippen molar-refractivity contribution in [3.05, 3.63) is 83.6 Å². The summed E-state index contributed by atoms with van der Waals surface area (Å²) in [6, 6.07) is 8.77. The van der Waals surface area contributed by atoms with Crippen molar-refractivity contribution < 1.29 is 67.5 Å². The van der Waals surface area contributed by atoms with Crippen LogP contribution in [0, 0.1) is 0 Å². The highest BCUT2D eigenvalue weighted by molar-refractivity contribution is 7.86. The van der Waals surface area contributed by atoms with Gasteiger partial charge in [0.25, 0.3) is 30.4 Å². The van der Waals surface area contributed by atoms with Crippen LogP contribution in [0.25, 0.3) is 0 Å². The van der Waals surface area contributed by atoms with Crippen LogP contribution in [0.15, 0.2) is 82.3 Å². The Morgan fingerprint density at radius 2 is 1.32 bits per heavy atom. The fourth-order valence-electron chi connectivity index (χ4n) is 10.4. The molecule has 4 heterocycles. The monoisotopic (exact) mass is 1070 g/mol. The van der Waals surface area contributed by atoms with E-state index in [2.05, 4.69) is 15.5 Å². The van der Waals surface area contributed by atoms with Crippen LogP contribution in [0.4, 0.5) is 11.4 Å². The zero-order valence-corrected chi connectivity index (χ0v) is 44.0. The first-order valence-electron chi connectivity index (χ1n) is 25.0. The molecule has 4 amide bonds. The minimum atomic E-state index is -4.62. The molecular weight excluding hydrogens is 1000 g/mol. The van der Waals surface area contributed by atoms with Gasteiger partial charge >= 0.3 is 0 Å².